The summed E-state index contributed by atoms with van der Waals surface area (Å²) in [7, 11) is 0. The summed E-state index contributed by atoms with van der Waals surface area (Å²) in [5, 5.41) is 3.52. The number of hydrogen-bond donors (Lipinski definition) is 1. The van der Waals surface area contributed by atoms with E-state index in [1.807, 2.05) is 0 Å². The van der Waals surface area contributed by atoms with Crippen molar-refractivity contribution in [3.05, 3.63) is 0 Å². The normalized spacial score (nSPS) is 33.7. The van der Waals surface area contributed by atoms with Crippen LogP contribution in [0.2, 0.25) is 0 Å². The summed E-state index contributed by atoms with van der Waals surface area (Å²) < 4.78 is 0. The van der Waals surface area contributed by atoms with Crippen LogP contribution in [0, 0.1) is 10.8 Å². The standard InChI is InChI=1S/C17H30N2O/c1-16(2)9-13(10-17(3,4)11-16)19-8-7-14(15(19)20)18-12-5-6-12/h12-14,18H,5-11H2,1-4H3. The van der Waals surface area contributed by atoms with E-state index in [1.165, 1.54) is 19.3 Å². The van der Waals surface area contributed by atoms with Gasteiger partial charge in [0.25, 0.3) is 0 Å². The van der Waals surface area contributed by atoms with E-state index in [-0.39, 0.29) is 6.04 Å². The van der Waals surface area contributed by atoms with Crippen molar-refractivity contribution in [1.82, 2.24) is 10.2 Å². The molecule has 1 N–H and O–H groups in total. The Morgan fingerprint density at radius 3 is 2.20 bits per heavy atom. The first-order chi connectivity index (χ1) is 9.26. The molecule has 3 nitrogen and oxygen atoms in total. The van der Waals surface area contributed by atoms with E-state index in [0.29, 0.717) is 28.8 Å². The first-order valence-corrected chi connectivity index (χ1v) is 8.32. The molecule has 0 bridgehead atoms. The molecule has 0 aromatic rings. The van der Waals surface area contributed by atoms with Crippen molar-refractivity contribution >= 4 is 5.91 Å². The van der Waals surface area contributed by atoms with E-state index in [9.17, 15) is 4.79 Å². The first-order valence-electron chi connectivity index (χ1n) is 8.32. The highest BCUT2D eigenvalue weighted by atomic mass is 16.2. The number of rotatable bonds is 3. The summed E-state index contributed by atoms with van der Waals surface area (Å²) in [6.45, 7) is 10.4. The first kappa shape index (κ1) is 14.4. The van der Waals surface area contributed by atoms with Crippen molar-refractivity contribution in [2.45, 2.75) is 84.3 Å². The second kappa shape index (κ2) is 4.72. The molecule has 3 heteroatoms. The average Bonchev–Trinajstić information content (AvgIpc) is 3.00. The van der Waals surface area contributed by atoms with E-state index in [1.54, 1.807) is 0 Å². The van der Waals surface area contributed by atoms with Gasteiger partial charge in [-0.25, -0.2) is 0 Å². The molecule has 3 rings (SSSR count). The highest BCUT2D eigenvalue weighted by Gasteiger charge is 2.45. The number of amides is 1. The largest absolute Gasteiger partial charge is 0.338 e. The third kappa shape index (κ3) is 3.03. The van der Waals surface area contributed by atoms with Crippen molar-refractivity contribution in [3.63, 3.8) is 0 Å². The molecule has 1 atom stereocenters. The van der Waals surface area contributed by atoms with Crippen molar-refractivity contribution < 1.29 is 4.79 Å². The Balaban J connectivity index is 1.67. The van der Waals surface area contributed by atoms with E-state index in [4.69, 9.17) is 0 Å². The van der Waals surface area contributed by atoms with Gasteiger partial charge in [0.05, 0.1) is 6.04 Å². The molecule has 114 valence electrons. The van der Waals surface area contributed by atoms with Crippen molar-refractivity contribution in [2.24, 2.45) is 10.8 Å². The van der Waals surface area contributed by atoms with Crippen molar-refractivity contribution in [2.75, 3.05) is 6.54 Å². The Labute approximate surface area is 123 Å². The fourth-order valence-corrected chi connectivity index (χ4v) is 4.76. The Kier molecular flexibility index (Phi) is 3.39. The Morgan fingerprint density at radius 1 is 1.05 bits per heavy atom. The maximum Gasteiger partial charge on any atom is 0.240 e. The minimum Gasteiger partial charge on any atom is -0.338 e. The monoisotopic (exact) mass is 278 g/mol. The van der Waals surface area contributed by atoms with Crippen molar-refractivity contribution in [1.29, 1.82) is 0 Å². The Bertz CT molecular complexity index is 382. The van der Waals surface area contributed by atoms with Crippen molar-refractivity contribution in [3.8, 4) is 0 Å². The van der Waals surface area contributed by atoms with Gasteiger partial charge in [-0.15, -0.1) is 0 Å². The van der Waals surface area contributed by atoms with Gasteiger partial charge in [-0.3, -0.25) is 4.79 Å². The predicted octanol–water partition coefficient (Wildman–Crippen LogP) is 2.94. The zero-order valence-corrected chi connectivity index (χ0v) is 13.5. The molecule has 3 fully saturated rings. The molecule has 0 spiro atoms. The minimum atomic E-state index is 0.107. The SMILES string of the molecule is CC1(C)CC(N2CCC(NC3CC3)C2=O)CC(C)(C)C1. The third-order valence-corrected chi connectivity index (χ3v) is 5.23. The fraction of sp³-hybridized carbons (Fsp3) is 0.941. The van der Waals surface area contributed by atoms with Gasteiger partial charge in [0.2, 0.25) is 5.91 Å². The number of nitrogens with zero attached hydrogens (tertiary/aromatic N) is 1. The second-order valence-electron chi connectivity index (χ2n) is 8.88. The van der Waals surface area contributed by atoms with E-state index in [0.717, 1.165) is 25.8 Å². The topological polar surface area (TPSA) is 32.3 Å². The van der Waals surface area contributed by atoms with Gasteiger partial charge in [-0.05, 0) is 49.4 Å². The number of likely N-dealkylation sites (tertiary alicyclic amines) is 1. The number of nitrogens with one attached hydrogen (secondary N) is 1. The van der Waals surface area contributed by atoms with Crippen LogP contribution in [0.5, 0.6) is 0 Å². The summed E-state index contributed by atoms with van der Waals surface area (Å²) in [6, 6.07) is 1.19. The Morgan fingerprint density at radius 2 is 1.65 bits per heavy atom. The van der Waals surface area contributed by atoms with Gasteiger partial charge < -0.3 is 10.2 Å². The van der Waals surface area contributed by atoms with Gasteiger partial charge in [-0.2, -0.15) is 0 Å². The molecule has 1 amide bonds. The molecule has 3 aliphatic rings. The van der Waals surface area contributed by atoms with Gasteiger partial charge in [0.15, 0.2) is 0 Å². The molecule has 2 saturated carbocycles. The lowest BCUT2D eigenvalue weighted by atomic mass is 9.63. The zero-order valence-electron chi connectivity index (χ0n) is 13.5. The van der Waals surface area contributed by atoms with Crippen LogP contribution in [0.1, 0.15) is 66.2 Å². The smallest absolute Gasteiger partial charge is 0.240 e. The van der Waals surface area contributed by atoms with Crippen LogP contribution in [-0.2, 0) is 4.79 Å². The molecular formula is C17H30N2O. The van der Waals surface area contributed by atoms with Crippen LogP contribution in [0.3, 0.4) is 0 Å². The minimum absolute atomic E-state index is 0.107. The lowest BCUT2D eigenvalue weighted by molar-refractivity contribution is -0.133. The van der Waals surface area contributed by atoms with Crippen LogP contribution in [0.25, 0.3) is 0 Å². The van der Waals surface area contributed by atoms with E-state index in [2.05, 4.69) is 37.9 Å². The number of carbonyl (C=O) groups excluding carboxylic acids is 1. The van der Waals surface area contributed by atoms with Crippen LogP contribution in [0.15, 0.2) is 0 Å². The summed E-state index contributed by atoms with van der Waals surface area (Å²) >= 11 is 0. The van der Waals surface area contributed by atoms with E-state index >= 15 is 0 Å². The molecule has 2 aliphatic carbocycles. The zero-order chi connectivity index (χ0) is 14.5. The van der Waals surface area contributed by atoms with Gasteiger partial charge in [-0.1, -0.05) is 27.7 Å². The molecular weight excluding hydrogens is 248 g/mol. The highest BCUT2D eigenvalue weighted by molar-refractivity contribution is 5.84. The Hall–Kier alpha value is -0.570. The van der Waals surface area contributed by atoms with E-state index < -0.39 is 0 Å². The molecule has 1 aliphatic heterocycles. The lowest BCUT2D eigenvalue weighted by Crippen LogP contribution is -2.49. The van der Waals surface area contributed by atoms with Crippen LogP contribution in [-0.4, -0.2) is 35.5 Å². The molecule has 0 aromatic carbocycles. The average molecular weight is 278 g/mol. The summed E-state index contributed by atoms with van der Waals surface area (Å²) in [6.07, 6.45) is 7.12. The molecule has 1 saturated heterocycles. The molecule has 0 radical (unpaired) electrons. The number of carbonyl (C=O) groups is 1. The van der Waals surface area contributed by atoms with Crippen LogP contribution >= 0.6 is 0 Å². The second-order valence-corrected chi connectivity index (χ2v) is 8.88. The summed E-state index contributed by atoms with van der Waals surface area (Å²) in [5.41, 5.74) is 0.712. The predicted molar refractivity (Wildman–Crippen MR) is 81.5 cm³/mol. The number of hydrogen-bond acceptors (Lipinski definition) is 2. The summed E-state index contributed by atoms with van der Waals surface area (Å²) in [5.74, 6) is 0.371. The summed E-state index contributed by atoms with van der Waals surface area (Å²) in [4.78, 5) is 14.9. The molecule has 1 heterocycles. The highest BCUT2D eigenvalue weighted by Crippen LogP contribution is 2.47. The fourth-order valence-electron chi connectivity index (χ4n) is 4.76. The maximum absolute atomic E-state index is 12.7. The molecule has 20 heavy (non-hydrogen) atoms. The van der Waals surface area contributed by atoms with Gasteiger partial charge in [0, 0.05) is 18.6 Å². The lowest BCUT2D eigenvalue weighted by Gasteiger charge is -2.47. The quantitative estimate of drug-likeness (QED) is 0.861. The molecule has 0 aromatic heterocycles. The third-order valence-electron chi connectivity index (χ3n) is 5.23. The van der Waals surface area contributed by atoms with Crippen LogP contribution in [0.4, 0.5) is 0 Å². The van der Waals surface area contributed by atoms with Crippen LogP contribution < -0.4 is 5.32 Å². The van der Waals surface area contributed by atoms with Gasteiger partial charge in [0.1, 0.15) is 0 Å². The van der Waals surface area contributed by atoms with Gasteiger partial charge >= 0.3 is 0 Å². The maximum atomic E-state index is 12.7. The molecule has 1 unspecified atom stereocenters.